The van der Waals surface area contributed by atoms with E-state index < -0.39 is 5.41 Å². The third-order valence-electron chi connectivity index (χ3n) is 3.22. The number of halogens is 1. The van der Waals surface area contributed by atoms with Crippen LogP contribution in [0, 0.1) is 5.82 Å². The van der Waals surface area contributed by atoms with Crippen LogP contribution < -0.4 is 0 Å². The zero-order valence-corrected chi connectivity index (χ0v) is 13.2. The van der Waals surface area contributed by atoms with Crippen molar-refractivity contribution < 1.29 is 13.9 Å². The second-order valence-corrected chi connectivity index (χ2v) is 6.22. The van der Waals surface area contributed by atoms with E-state index in [-0.39, 0.29) is 11.8 Å². The first-order chi connectivity index (χ1) is 9.93. The van der Waals surface area contributed by atoms with E-state index >= 15 is 0 Å². The molecule has 1 aromatic heterocycles. The molecular weight excluding hydrogens is 289 g/mol. The lowest BCUT2D eigenvalue weighted by Gasteiger charge is -2.19. The van der Waals surface area contributed by atoms with Crippen molar-refractivity contribution in [2.24, 2.45) is 0 Å². The number of hydrogen-bond donors (Lipinski definition) is 0. The van der Waals surface area contributed by atoms with Crippen LogP contribution in [0.1, 0.15) is 37.0 Å². The number of hydrogen-bond acceptors (Lipinski definition) is 4. The van der Waals surface area contributed by atoms with Crippen LogP contribution in [-0.2, 0) is 21.4 Å². The standard InChI is InChI=1S/C16H18FNO2S/c1-4-20-15(19)16(2,3)13-10-21-14(18-13)9-11-6-5-7-12(17)8-11/h5-8,10H,4,9H2,1-3H3. The maximum absolute atomic E-state index is 13.2. The van der Waals surface area contributed by atoms with Gasteiger partial charge in [-0.15, -0.1) is 11.3 Å². The van der Waals surface area contributed by atoms with E-state index in [2.05, 4.69) is 4.98 Å². The summed E-state index contributed by atoms with van der Waals surface area (Å²) in [5, 5.41) is 2.72. The van der Waals surface area contributed by atoms with E-state index in [0.717, 1.165) is 10.6 Å². The van der Waals surface area contributed by atoms with Gasteiger partial charge >= 0.3 is 5.97 Å². The monoisotopic (exact) mass is 307 g/mol. The number of aromatic nitrogens is 1. The zero-order valence-electron chi connectivity index (χ0n) is 12.4. The molecule has 3 nitrogen and oxygen atoms in total. The van der Waals surface area contributed by atoms with Gasteiger partial charge in [-0.25, -0.2) is 9.37 Å². The van der Waals surface area contributed by atoms with E-state index in [0.29, 0.717) is 18.7 Å². The quantitative estimate of drug-likeness (QED) is 0.790. The van der Waals surface area contributed by atoms with Crippen molar-refractivity contribution in [1.82, 2.24) is 4.98 Å². The Morgan fingerprint density at radius 3 is 2.86 bits per heavy atom. The Bertz CT molecular complexity index is 637. The lowest BCUT2D eigenvalue weighted by Crippen LogP contribution is -2.31. The minimum Gasteiger partial charge on any atom is -0.465 e. The van der Waals surface area contributed by atoms with Gasteiger partial charge in [0.1, 0.15) is 11.2 Å². The van der Waals surface area contributed by atoms with Gasteiger partial charge in [0.05, 0.1) is 17.3 Å². The van der Waals surface area contributed by atoms with Crippen molar-refractivity contribution in [2.45, 2.75) is 32.6 Å². The Morgan fingerprint density at radius 1 is 1.43 bits per heavy atom. The molecule has 0 aliphatic heterocycles. The second-order valence-electron chi connectivity index (χ2n) is 5.28. The summed E-state index contributed by atoms with van der Waals surface area (Å²) >= 11 is 1.47. The normalized spacial score (nSPS) is 11.4. The molecule has 0 radical (unpaired) electrons. The van der Waals surface area contributed by atoms with Crippen LogP contribution in [0.5, 0.6) is 0 Å². The minimum absolute atomic E-state index is 0.254. The molecule has 1 aromatic carbocycles. The molecule has 0 spiro atoms. The largest absolute Gasteiger partial charge is 0.465 e. The van der Waals surface area contributed by atoms with Crippen LogP contribution in [0.3, 0.4) is 0 Å². The van der Waals surface area contributed by atoms with Gasteiger partial charge in [-0.2, -0.15) is 0 Å². The molecule has 0 bridgehead atoms. The van der Waals surface area contributed by atoms with Gasteiger partial charge in [0.25, 0.3) is 0 Å². The van der Waals surface area contributed by atoms with E-state index in [9.17, 15) is 9.18 Å². The summed E-state index contributed by atoms with van der Waals surface area (Å²) in [5.74, 6) is -0.538. The van der Waals surface area contributed by atoms with Crippen molar-refractivity contribution in [1.29, 1.82) is 0 Å². The highest BCUT2D eigenvalue weighted by atomic mass is 32.1. The van der Waals surface area contributed by atoms with Crippen LogP contribution in [0.2, 0.25) is 0 Å². The van der Waals surface area contributed by atoms with Crippen molar-refractivity contribution in [2.75, 3.05) is 6.61 Å². The maximum Gasteiger partial charge on any atom is 0.317 e. The maximum atomic E-state index is 13.2. The number of benzene rings is 1. The van der Waals surface area contributed by atoms with Gasteiger partial charge in [0.15, 0.2) is 0 Å². The Hall–Kier alpha value is -1.75. The average molecular weight is 307 g/mol. The van der Waals surface area contributed by atoms with Crippen LogP contribution in [0.25, 0.3) is 0 Å². The molecular formula is C16H18FNO2S. The lowest BCUT2D eigenvalue weighted by atomic mass is 9.90. The molecule has 0 unspecified atom stereocenters. The molecule has 0 aliphatic carbocycles. The molecule has 0 atom stereocenters. The summed E-state index contributed by atoms with van der Waals surface area (Å²) in [6, 6.07) is 6.46. The average Bonchev–Trinajstić information content (AvgIpc) is 2.88. The summed E-state index contributed by atoms with van der Waals surface area (Å²) in [6.07, 6.45) is 0.557. The number of rotatable bonds is 5. The molecule has 112 valence electrons. The van der Waals surface area contributed by atoms with Gasteiger partial charge in [-0.3, -0.25) is 4.79 Å². The molecule has 2 aromatic rings. The topological polar surface area (TPSA) is 39.2 Å². The summed E-state index contributed by atoms with van der Waals surface area (Å²) in [6.45, 7) is 5.73. The number of ether oxygens (including phenoxy) is 1. The third kappa shape index (κ3) is 3.67. The molecule has 0 aliphatic rings. The van der Waals surface area contributed by atoms with E-state index in [1.165, 1.54) is 23.5 Å². The highest BCUT2D eigenvalue weighted by molar-refractivity contribution is 7.09. The smallest absolute Gasteiger partial charge is 0.317 e. The minimum atomic E-state index is -0.771. The first kappa shape index (κ1) is 15.6. The van der Waals surface area contributed by atoms with E-state index in [4.69, 9.17) is 4.74 Å². The Kier molecular flexibility index (Phi) is 4.73. The fraction of sp³-hybridized carbons (Fsp3) is 0.375. The Morgan fingerprint density at radius 2 is 2.19 bits per heavy atom. The van der Waals surface area contributed by atoms with Crippen LogP contribution in [-0.4, -0.2) is 17.6 Å². The number of esters is 1. The van der Waals surface area contributed by atoms with Crippen molar-refractivity contribution in [3.8, 4) is 0 Å². The molecule has 5 heteroatoms. The van der Waals surface area contributed by atoms with E-state index in [1.807, 2.05) is 11.4 Å². The second kappa shape index (κ2) is 6.35. The van der Waals surface area contributed by atoms with Gasteiger partial charge in [-0.1, -0.05) is 12.1 Å². The summed E-state index contributed by atoms with van der Waals surface area (Å²) in [4.78, 5) is 16.5. The lowest BCUT2D eigenvalue weighted by molar-refractivity contribution is -0.148. The van der Waals surface area contributed by atoms with Gasteiger partial charge < -0.3 is 4.74 Å². The predicted octanol–water partition coefficient (Wildman–Crippen LogP) is 3.71. The van der Waals surface area contributed by atoms with E-state index in [1.54, 1.807) is 26.8 Å². The SMILES string of the molecule is CCOC(=O)C(C)(C)c1csc(Cc2cccc(F)c2)n1. The third-order valence-corrected chi connectivity index (χ3v) is 4.07. The first-order valence-electron chi connectivity index (χ1n) is 6.80. The molecule has 21 heavy (non-hydrogen) atoms. The first-order valence-corrected chi connectivity index (χ1v) is 7.68. The van der Waals surface area contributed by atoms with Crippen LogP contribution in [0.15, 0.2) is 29.6 Å². The predicted molar refractivity (Wildman–Crippen MR) is 81.0 cm³/mol. The van der Waals surface area contributed by atoms with Crippen molar-refractivity contribution >= 4 is 17.3 Å². The molecule has 0 amide bonds. The summed E-state index contributed by atoms with van der Waals surface area (Å²) in [7, 11) is 0. The fourth-order valence-electron chi connectivity index (χ4n) is 1.92. The van der Waals surface area contributed by atoms with Crippen LogP contribution >= 0.6 is 11.3 Å². The summed E-state index contributed by atoms with van der Waals surface area (Å²) < 4.78 is 18.3. The van der Waals surface area contributed by atoms with Gasteiger partial charge in [0.2, 0.25) is 0 Å². The fourth-order valence-corrected chi connectivity index (χ4v) is 2.91. The zero-order chi connectivity index (χ0) is 15.5. The highest BCUT2D eigenvalue weighted by Crippen LogP contribution is 2.27. The molecule has 0 N–H and O–H groups in total. The van der Waals surface area contributed by atoms with Gasteiger partial charge in [-0.05, 0) is 38.5 Å². The number of carbonyl (C=O) groups is 1. The molecule has 0 saturated heterocycles. The highest BCUT2D eigenvalue weighted by Gasteiger charge is 2.33. The molecule has 0 fully saturated rings. The van der Waals surface area contributed by atoms with Gasteiger partial charge in [0, 0.05) is 11.8 Å². The summed E-state index contributed by atoms with van der Waals surface area (Å²) in [5.41, 5.74) is 0.786. The number of carbonyl (C=O) groups excluding carboxylic acids is 1. The number of nitrogens with zero attached hydrogens (tertiary/aromatic N) is 1. The molecule has 2 rings (SSSR count). The van der Waals surface area contributed by atoms with Crippen molar-refractivity contribution in [3.05, 3.63) is 51.7 Å². The molecule has 0 saturated carbocycles. The molecule has 1 heterocycles. The van der Waals surface area contributed by atoms with Crippen LogP contribution in [0.4, 0.5) is 4.39 Å². The Labute approximate surface area is 127 Å². The number of thiazole rings is 1. The van der Waals surface area contributed by atoms with Crippen molar-refractivity contribution in [3.63, 3.8) is 0 Å². The Balaban J connectivity index is 2.16.